The van der Waals surface area contributed by atoms with Crippen LogP contribution in [0.3, 0.4) is 0 Å². The van der Waals surface area contributed by atoms with Gasteiger partial charge in [0.25, 0.3) is 0 Å². The van der Waals surface area contributed by atoms with Gasteiger partial charge in [-0.15, -0.1) is 0 Å². The topological polar surface area (TPSA) is 27.0 Å². The SMILES string of the molecule is CC(N(C)C1CCCCCC1C#N)C(C)(C)C. The molecule has 1 saturated carbocycles. The van der Waals surface area contributed by atoms with Crippen LogP contribution in [0.4, 0.5) is 0 Å². The molecule has 1 aliphatic rings. The number of rotatable bonds is 2. The van der Waals surface area contributed by atoms with Gasteiger partial charge in [0.05, 0.1) is 12.0 Å². The van der Waals surface area contributed by atoms with E-state index >= 15 is 0 Å². The van der Waals surface area contributed by atoms with Gasteiger partial charge < -0.3 is 0 Å². The summed E-state index contributed by atoms with van der Waals surface area (Å²) in [6, 6.07) is 3.51. The monoisotopic (exact) mass is 236 g/mol. The maximum Gasteiger partial charge on any atom is 0.0672 e. The summed E-state index contributed by atoms with van der Waals surface area (Å²) in [5.74, 6) is 0.229. The van der Waals surface area contributed by atoms with Gasteiger partial charge in [0.2, 0.25) is 0 Å². The fourth-order valence-electron chi connectivity index (χ4n) is 2.82. The summed E-state index contributed by atoms with van der Waals surface area (Å²) in [6.45, 7) is 9.14. The number of hydrogen-bond acceptors (Lipinski definition) is 2. The summed E-state index contributed by atoms with van der Waals surface area (Å²) in [6.07, 6.45) is 6.08. The molecule has 2 nitrogen and oxygen atoms in total. The molecule has 0 saturated heterocycles. The van der Waals surface area contributed by atoms with Crippen LogP contribution < -0.4 is 0 Å². The number of nitriles is 1. The number of nitrogens with zero attached hydrogens (tertiary/aromatic N) is 2. The highest BCUT2D eigenvalue weighted by Crippen LogP contribution is 2.31. The second-order valence-corrected chi connectivity index (χ2v) is 6.65. The lowest BCUT2D eigenvalue weighted by atomic mass is 9.84. The van der Waals surface area contributed by atoms with E-state index in [4.69, 9.17) is 0 Å². The molecule has 98 valence electrons. The van der Waals surface area contributed by atoms with Crippen molar-refractivity contribution in [1.82, 2.24) is 4.90 Å². The van der Waals surface area contributed by atoms with Crippen molar-refractivity contribution in [3.63, 3.8) is 0 Å². The summed E-state index contributed by atoms with van der Waals surface area (Å²) in [4.78, 5) is 2.46. The Morgan fingerprint density at radius 2 is 1.76 bits per heavy atom. The normalized spacial score (nSPS) is 28.5. The quantitative estimate of drug-likeness (QED) is 0.681. The molecule has 0 aliphatic heterocycles. The molecule has 0 bridgehead atoms. The summed E-state index contributed by atoms with van der Waals surface area (Å²) in [5.41, 5.74) is 0.279. The van der Waals surface area contributed by atoms with E-state index in [9.17, 15) is 5.26 Å². The summed E-state index contributed by atoms with van der Waals surface area (Å²) >= 11 is 0. The third kappa shape index (κ3) is 3.71. The van der Waals surface area contributed by atoms with E-state index in [0.29, 0.717) is 12.1 Å². The lowest BCUT2D eigenvalue weighted by molar-refractivity contribution is 0.0750. The molecule has 0 heterocycles. The van der Waals surface area contributed by atoms with E-state index in [1.165, 1.54) is 25.7 Å². The van der Waals surface area contributed by atoms with Crippen molar-refractivity contribution in [3.8, 4) is 6.07 Å². The van der Waals surface area contributed by atoms with Crippen molar-refractivity contribution >= 4 is 0 Å². The van der Waals surface area contributed by atoms with Crippen LogP contribution in [0.25, 0.3) is 0 Å². The first kappa shape index (κ1) is 14.5. The molecule has 0 radical (unpaired) electrons. The van der Waals surface area contributed by atoms with E-state index in [1.807, 2.05) is 0 Å². The maximum atomic E-state index is 9.34. The fraction of sp³-hybridized carbons (Fsp3) is 0.933. The smallest absolute Gasteiger partial charge is 0.0672 e. The van der Waals surface area contributed by atoms with Gasteiger partial charge in [0.1, 0.15) is 0 Å². The molecule has 0 N–H and O–H groups in total. The lowest BCUT2D eigenvalue weighted by Gasteiger charge is -2.41. The highest BCUT2D eigenvalue weighted by Gasteiger charge is 2.33. The predicted molar refractivity (Wildman–Crippen MR) is 72.7 cm³/mol. The van der Waals surface area contributed by atoms with Crippen molar-refractivity contribution in [2.24, 2.45) is 11.3 Å². The van der Waals surface area contributed by atoms with Gasteiger partial charge in [0.15, 0.2) is 0 Å². The molecule has 2 heteroatoms. The Hall–Kier alpha value is -0.550. The maximum absolute atomic E-state index is 9.34. The van der Waals surface area contributed by atoms with Gasteiger partial charge >= 0.3 is 0 Å². The van der Waals surface area contributed by atoms with Crippen LogP contribution in [0.15, 0.2) is 0 Å². The van der Waals surface area contributed by atoms with Gasteiger partial charge in [-0.05, 0) is 32.2 Å². The Morgan fingerprint density at radius 1 is 1.18 bits per heavy atom. The second-order valence-electron chi connectivity index (χ2n) is 6.65. The molecule has 0 aromatic rings. The van der Waals surface area contributed by atoms with Crippen molar-refractivity contribution < 1.29 is 0 Å². The van der Waals surface area contributed by atoms with Crippen LogP contribution in [-0.4, -0.2) is 24.0 Å². The molecule has 0 amide bonds. The zero-order valence-electron chi connectivity index (χ0n) is 12.2. The first-order valence-corrected chi connectivity index (χ1v) is 6.99. The Morgan fingerprint density at radius 3 is 2.29 bits per heavy atom. The molecule has 3 unspecified atom stereocenters. The van der Waals surface area contributed by atoms with Crippen molar-refractivity contribution in [3.05, 3.63) is 0 Å². The van der Waals surface area contributed by atoms with Crippen LogP contribution in [-0.2, 0) is 0 Å². The third-order valence-corrected chi connectivity index (χ3v) is 4.53. The first-order valence-electron chi connectivity index (χ1n) is 6.99. The van der Waals surface area contributed by atoms with Gasteiger partial charge in [-0.25, -0.2) is 0 Å². The average molecular weight is 236 g/mol. The largest absolute Gasteiger partial charge is 0.299 e. The number of hydrogen-bond donors (Lipinski definition) is 0. The van der Waals surface area contributed by atoms with Crippen molar-refractivity contribution in [1.29, 1.82) is 5.26 Å². The van der Waals surface area contributed by atoms with E-state index in [1.54, 1.807) is 0 Å². The van der Waals surface area contributed by atoms with Crippen molar-refractivity contribution in [2.75, 3.05) is 7.05 Å². The standard InChI is InChI=1S/C15H28N2/c1-12(15(2,3)4)17(5)14-10-8-6-7-9-13(14)11-16/h12-14H,6-10H2,1-5H3. The van der Waals surface area contributed by atoms with Crippen LogP contribution in [0, 0.1) is 22.7 Å². The highest BCUT2D eigenvalue weighted by molar-refractivity contribution is 4.96. The van der Waals surface area contributed by atoms with Gasteiger partial charge in [-0.2, -0.15) is 5.26 Å². The Labute approximate surface area is 107 Å². The molecule has 1 rings (SSSR count). The fourth-order valence-corrected chi connectivity index (χ4v) is 2.82. The molecule has 0 aromatic heterocycles. The third-order valence-electron chi connectivity index (χ3n) is 4.53. The van der Waals surface area contributed by atoms with E-state index in [-0.39, 0.29) is 11.3 Å². The van der Waals surface area contributed by atoms with Crippen LogP contribution >= 0.6 is 0 Å². The van der Waals surface area contributed by atoms with Gasteiger partial charge in [-0.1, -0.05) is 40.0 Å². The molecule has 17 heavy (non-hydrogen) atoms. The van der Waals surface area contributed by atoms with Gasteiger partial charge in [0, 0.05) is 12.1 Å². The Bertz CT molecular complexity index is 272. The summed E-state index contributed by atoms with van der Waals surface area (Å²) in [7, 11) is 2.20. The predicted octanol–water partition coefficient (Wildman–Crippen LogP) is 3.83. The minimum Gasteiger partial charge on any atom is -0.299 e. The summed E-state index contributed by atoms with van der Waals surface area (Å²) in [5, 5.41) is 9.34. The van der Waals surface area contributed by atoms with Crippen LogP contribution in [0.2, 0.25) is 0 Å². The average Bonchev–Trinajstić information content (AvgIpc) is 2.50. The molecular weight excluding hydrogens is 208 g/mol. The minimum atomic E-state index is 0.229. The molecule has 1 aliphatic carbocycles. The lowest BCUT2D eigenvalue weighted by Crippen LogP contribution is -2.47. The molecule has 3 atom stereocenters. The van der Waals surface area contributed by atoms with Crippen LogP contribution in [0.1, 0.15) is 59.8 Å². The summed E-state index contributed by atoms with van der Waals surface area (Å²) < 4.78 is 0. The van der Waals surface area contributed by atoms with Crippen LogP contribution in [0.5, 0.6) is 0 Å². The molecule has 1 fully saturated rings. The van der Waals surface area contributed by atoms with Crippen molar-refractivity contribution in [2.45, 2.75) is 71.9 Å². The second kappa shape index (κ2) is 5.87. The first-order chi connectivity index (χ1) is 7.88. The van der Waals surface area contributed by atoms with Gasteiger partial charge in [-0.3, -0.25) is 4.90 Å². The van der Waals surface area contributed by atoms with E-state index in [2.05, 4.69) is 45.7 Å². The Kier molecular flexibility index (Phi) is 5.01. The zero-order chi connectivity index (χ0) is 13.1. The van der Waals surface area contributed by atoms with E-state index < -0.39 is 0 Å². The molecular formula is C15H28N2. The zero-order valence-corrected chi connectivity index (χ0v) is 12.2. The Balaban J connectivity index is 2.77. The van der Waals surface area contributed by atoms with E-state index in [0.717, 1.165) is 6.42 Å². The molecule has 0 spiro atoms. The molecule has 0 aromatic carbocycles. The highest BCUT2D eigenvalue weighted by atomic mass is 15.2. The minimum absolute atomic E-state index is 0.229.